The average Bonchev–Trinajstić information content (AvgIpc) is 2.71. The lowest BCUT2D eigenvalue weighted by atomic mass is 10.1. The molecule has 0 aliphatic heterocycles. The van der Waals surface area contributed by atoms with E-state index in [2.05, 4.69) is 60.8 Å². The largest absolute Gasteiger partial charge is 0.397 e. The minimum atomic E-state index is -4.16. The second-order valence-electron chi connectivity index (χ2n) is 5.40. The van der Waals surface area contributed by atoms with Gasteiger partial charge >= 0.3 is 10.4 Å². The van der Waals surface area contributed by atoms with E-state index in [0.717, 1.165) is 18.1 Å². The van der Waals surface area contributed by atoms with Crippen LogP contribution >= 0.6 is 0 Å². The van der Waals surface area contributed by atoms with E-state index in [9.17, 15) is 8.42 Å². The number of rotatable bonds is 3. The monoisotopic (exact) mass is 301 g/mol. The van der Waals surface area contributed by atoms with Gasteiger partial charge in [-0.1, -0.05) is 18.2 Å². The van der Waals surface area contributed by atoms with Gasteiger partial charge in [0, 0.05) is 22.7 Å². The van der Waals surface area contributed by atoms with Crippen molar-refractivity contribution in [3.8, 4) is 0 Å². The van der Waals surface area contributed by atoms with Gasteiger partial charge in [0.1, 0.15) is 6.54 Å². The summed E-state index contributed by atoms with van der Waals surface area (Å²) in [7, 11) is 3.34. The summed E-state index contributed by atoms with van der Waals surface area (Å²) in [6.07, 6.45) is 2.12. The number of hydrogen-bond acceptors (Lipinski definition) is 3. The van der Waals surface area contributed by atoms with Crippen molar-refractivity contribution in [3.63, 3.8) is 0 Å². The zero-order valence-electron chi connectivity index (χ0n) is 12.1. The molecular weight excluding hydrogens is 280 g/mol. The van der Waals surface area contributed by atoms with E-state index < -0.39 is 10.4 Å². The van der Waals surface area contributed by atoms with E-state index in [1.165, 1.54) is 16.5 Å². The molecule has 0 atom stereocenters. The van der Waals surface area contributed by atoms with Crippen molar-refractivity contribution < 1.29 is 21.6 Å². The van der Waals surface area contributed by atoms with Crippen LogP contribution in [-0.2, 0) is 21.1 Å². The molecule has 0 aliphatic carbocycles. The molecule has 2 rings (SSSR count). The van der Waals surface area contributed by atoms with Crippen LogP contribution < -0.4 is 0 Å². The third kappa shape index (κ3) is 5.70. The van der Waals surface area contributed by atoms with Gasteiger partial charge in [-0.05, 0) is 6.07 Å². The van der Waals surface area contributed by atoms with Gasteiger partial charge in [0.25, 0.3) is 0 Å². The third-order valence-electron chi connectivity index (χ3n) is 2.53. The standard InChI is InChI=1S/C12H17N2.CH4O4S/c1-14(2,3)9-10-8-13-12-7-5-4-6-11(10)12;1-5-6(2,3)4/h4-8,13H,9H2,1-3H3;1H3,(H,2,3,4)/q+1;. The number of aromatic amines is 1. The van der Waals surface area contributed by atoms with Gasteiger partial charge in [0.2, 0.25) is 0 Å². The molecule has 0 saturated heterocycles. The maximum absolute atomic E-state index is 9.33. The first-order valence-corrected chi connectivity index (χ1v) is 7.37. The first-order chi connectivity index (χ1) is 9.12. The highest BCUT2D eigenvalue weighted by atomic mass is 32.3. The van der Waals surface area contributed by atoms with Crippen LogP contribution in [0.5, 0.6) is 0 Å². The Balaban J connectivity index is 0.000000286. The molecule has 0 bridgehead atoms. The van der Waals surface area contributed by atoms with E-state index in [-0.39, 0.29) is 0 Å². The number of aromatic nitrogens is 1. The number of fused-ring (bicyclic) bond motifs is 1. The smallest absolute Gasteiger partial charge is 0.361 e. The van der Waals surface area contributed by atoms with Gasteiger partial charge in [0.15, 0.2) is 0 Å². The zero-order chi connectivity index (χ0) is 15.4. The second-order valence-corrected chi connectivity index (χ2v) is 6.59. The number of nitrogens with zero attached hydrogens (tertiary/aromatic N) is 1. The average molecular weight is 301 g/mol. The quantitative estimate of drug-likeness (QED) is 0.669. The summed E-state index contributed by atoms with van der Waals surface area (Å²) in [5.41, 5.74) is 2.63. The Morgan fingerprint density at radius 3 is 2.30 bits per heavy atom. The van der Waals surface area contributed by atoms with E-state index in [1.54, 1.807) is 0 Å². The summed E-state index contributed by atoms with van der Waals surface area (Å²) < 4.78 is 30.7. The number of hydrogen-bond donors (Lipinski definition) is 2. The van der Waals surface area contributed by atoms with Crippen LogP contribution in [0.4, 0.5) is 0 Å². The van der Waals surface area contributed by atoms with Crippen LogP contribution in [0.15, 0.2) is 30.5 Å². The SMILES string of the molecule is COS(=O)(=O)O.C[N+](C)(C)Cc1c[nH]c2ccccc12. The van der Waals surface area contributed by atoms with Crippen LogP contribution in [0.1, 0.15) is 5.56 Å². The summed E-state index contributed by atoms with van der Waals surface area (Å²) >= 11 is 0. The highest BCUT2D eigenvalue weighted by Crippen LogP contribution is 2.19. The molecule has 0 amide bonds. The zero-order valence-corrected chi connectivity index (χ0v) is 12.9. The molecule has 7 heteroatoms. The Labute approximate surface area is 119 Å². The van der Waals surface area contributed by atoms with Gasteiger partial charge in [0.05, 0.1) is 28.3 Å². The molecule has 2 N–H and O–H groups in total. The van der Waals surface area contributed by atoms with Crippen LogP contribution in [0.2, 0.25) is 0 Å². The van der Waals surface area contributed by atoms with E-state index >= 15 is 0 Å². The van der Waals surface area contributed by atoms with Crippen LogP contribution in [-0.4, -0.2) is 50.7 Å². The minimum Gasteiger partial charge on any atom is -0.361 e. The molecule has 1 heterocycles. The predicted molar refractivity (Wildman–Crippen MR) is 78.6 cm³/mol. The number of quaternary nitrogens is 1. The molecule has 1 aromatic heterocycles. The molecule has 0 unspecified atom stereocenters. The van der Waals surface area contributed by atoms with Crippen molar-refractivity contribution in [2.75, 3.05) is 28.3 Å². The molecule has 0 fully saturated rings. The number of para-hydroxylation sites is 1. The van der Waals surface area contributed by atoms with Crippen molar-refractivity contribution in [2.24, 2.45) is 0 Å². The fourth-order valence-electron chi connectivity index (χ4n) is 1.77. The molecular formula is C13H21N2O4S+. The van der Waals surface area contributed by atoms with Crippen molar-refractivity contribution in [1.29, 1.82) is 0 Å². The lowest BCUT2D eigenvalue weighted by Crippen LogP contribution is -2.33. The highest BCUT2D eigenvalue weighted by molar-refractivity contribution is 7.80. The summed E-state index contributed by atoms with van der Waals surface area (Å²) in [6, 6.07) is 8.45. The second kappa shape index (κ2) is 6.36. The van der Waals surface area contributed by atoms with Gasteiger partial charge in [-0.15, -0.1) is 0 Å². The van der Waals surface area contributed by atoms with Crippen molar-refractivity contribution >= 4 is 21.3 Å². The highest BCUT2D eigenvalue weighted by Gasteiger charge is 2.11. The molecule has 0 spiro atoms. The number of benzene rings is 1. The van der Waals surface area contributed by atoms with Crippen LogP contribution in [0.3, 0.4) is 0 Å². The van der Waals surface area contributed by atoms with E-state index in [1.807, 2.05) is 0 Å². The van der Waals surface area contributed by atoms with Crippen molar-refractivity contribution in [1.82, 2.24) is 4.98 Å². The molecule has 1 aromatic carbocycles. The third-order valence-corrected chi connectivity index (χ3v) is 2.95. The predicted octanol–water partition coefficient (Wildman–Crippen LogP) is 1.81. The number of H-pyrrole nitrogens is 1. The number of nitrogens with one attached hydrogen (secondary N) is 1. The summed E-state index contributed by atoms with van der Waals surface area (Å²) in [6.45, 7) is 1.06. The molecule has 0 aliphatic rings. The Morgan fingerprint density at radius 2 is 1.80 bits per heavy atom. The fraction of sp³-hybridized carbons (Fsp3) is 0.385. The Kier molecular flexibility index (Phi) is 5.29. The summed E-state index contributed by atoms with van der Waals surface area (Å²) in [4.78, 5) is 3.30. The normalized spacial score (nSPS) is 12.1. The molecule has 20 heavy (non-hydrogen) atoms. The topological polar surface area (TPSA) is 79.4 Å². The van der Waals surface area contributed by atoms with Crippen molar-refractivity contribution in [2.45, 2.75) is 6.54 Å². The Bertz CT molecular complexity index is 656. The molecule has 112 valence electrons. The van der Waals surface area contributed by atoms with Crippen molar-refractivity contribution in [3.05, 3.63) is 36.0 Å². The molecule has 0 radical (unpaired) electrons. The first-order valence-electron chi connectivity index (χ1n) is 6.01. The molecule has 6 nitrogen and oxygen atoms in total. The fourth-order valence-corrected chi connectivity index (χ4v) is 1.77. The Morgan fingerprint density at radius 1 is 1.25 bits per heavy atom. The van der Waals surface area contributed by atoms with Crippen LogP contribution in [0.25, 0.3) is 10.9 Å². The van der Waals surface area contributed by atoms with Crippen LogP contribution in [0, 0.1) is 0 Å². The van der Waals surface area contributed by atoms with Gasteiger partial charge < -0.3 is 9.47 Å². The summed E-state index contributed by atoms with van der Waals surface area (Å²) in [5.74, 6) is 0. The molecule has 2 aromatic rings. The van der Waals surface area contributed by atoms with Gasteiger partial charge in [-0.2, -0.15) is 8.42 Å². The molecule has 0 saturated carbocycles. The maximum Gasteiger partial charge on any atom is 0.397 e. The maximum atomic E-state index is 9.33. The van der Waals surface area contributed by atoms with Gasteiger partial charge in [-0.3, -0.25) is 8.74 Å². The first kappa shape index (κ1) is 16.6. The van der Waals surface area contributed by atoms with E-state index in [0.29, 0.717) is 0 Å². The van der Waals surface area contributed by atoms with Gasteiger partial charge in [-0.25, -0.2) is 0 Å². The van der Waals surface area contributed by atoms with E-state index in [4.69, 9.17) is 4.55 Å². The minimum absolute atomic E-state index is 0.870. The lowest BCUT2D eigenvalue weighted by molar-refractivity contribution is -0.883. The summed E-state index contributed by atoms with van der Waals surface area (Å²) in [5, 5.41) is 1.35. The lowest BCUT2D eigenvalue weighted by Gasteiger charge is -2.23. The Hall–Kier alpha value is -1.41.